The van der Waals surface area contributed by atoms with E-state index in [0.29, 0.717) is 18.3 Å². The minimum absolute atomic E-state index is 0.545. The summed E-state index contributed by atoms with van der Waals surface area (Å²) in [5, 5.41) is 0.781. The Labute approximate surface area is 95.4 Å². The molecule has 0 aromatic heterocycles. The smallest absolute Gasteiger partial charge is 0.120 e. The molecule has 2 rings (SSSR count). The fourth-order valence-electron chi connectivity index (χ4n) is 2.59. The largest absolute Gasteiger partial charge is 0.303 e. The van der Waals surface area contributed by atoms with Crippen LogP contribution in [0.1, 0.15) is 37.2 Å². The van der Waals surface area contributed by atoms with Gasteiger partial charge in [0.25, 0.3) is 0 Å². The molecule has 15 heavy (non-hydrogen) atoms. The van der Waals surface area contributed by atoms with E-state index in [1.165, 1.54) is 24.8 Å². The van der Waals surface area contributed by atoms with Gasteiger partial charge >= 0.3 is 0 Å². The molecule has 2 heteroatoms. The van der Waals surface area contributed by atoms with E-state index in [0.717, 1.165) is 11.3 Å². The highest BCUT2D eigenvalue weighted by molar-refractivity contribution is 6.30. The summed E-state index contributed by atoms with van der Waals surface area (Å²) in [6, 6.07) is 8.06. The summed E-state index contributed by atoms with van der Waals surface area (Å²) < 4.78 is 0. The van der Waals surface area contributed by atoms with Gasteiger partial charge in [-0.2, -0.15) is 0 Å². The molecule has 1 aromatic carbocycles. The van der Waals surface area contributed by atoms with Gasteiger partial charge in [0.2, 0.25) is 0 Å². The minimum atomic E-state index is 0.545. The van der Waals surface area contributed by atoms with Crippen molar-refractivity contribution in [3.8, 4) is 0 Å². The molecule has 1 aromatic rings. The van der Waals surface area contributed by atoms with Crippen LogP contribution in [0.15, 0.2) is 24.3 Å². The molecule has 2 atom stereocenters. The van der Waals surface area contributed by atoms with Gasteiger partial charge in [-0.1, -0.05) is 30.2 Å². The lowest BCUT2D eigenvalue weighted by atomic mass is 9.87. The third-order valence-corrected chi connectivity index (χ3v) is 3.61. The Balaban J connectivity index is 2.15. The topological polar surface area (TPSA) is 17.1 Å². The first-order valence-electron chi connectivity index (χ1n) is 5.50. The molecule has 0 amide bonds. The van der Waals surface area contributed by atoms with Gasteiger partial charge in [-0.15, -0.1) is 0 Å². The molecule has 80 valence electrons. The van der Waals surface area contributed by atoms with Gasteiger partial charge in [-0.25, -0.2) is 0 Å². The Morgan fingerprint density at radius 1 is 1.27 bits per heavy atom. The lowest BCUT2D eigenvalue weighted by Crippen LogP contribution is -2.06. The fraction of sp³-hybridized carbons (Fsp3) is 0.462. The molecule has 0 saturated heterocycles. The van der Waals surface area contributed by atoms with Crippen molar-refractivity contribution in [1.82, 2.24) is 0 Å². The molecule has 0 spiro atoms. The normalized spacial score (nSPS) is 25.4. The van der Waals surface area contributed by atoms with E-state index >= 15 is 0 Å². The van der Waals surface area contributed by atoms with E-state index in [-0.39, 0.29) is 0 Å². The molecule has 1 saturated carbocycles. The number of benzene rings is 1. The minimum Gasteiger partial charge on any atom is -0.303 e. The summed E-state index contributed by atoms with van der Waals surface area (Å²) in [5.74, 6) is 1.11. The maximum absolute atomic E-state index is 10.6. The number of carbonyl (C=O) groups is 1. The van der Waals surface area contributed by atoms with Crippen LogP contribution in [-0.2, 0) is 4.79 Å². The monoisotopic (exact) mass is 222 g/mol. The standard InChI is InChI=1S/C13H15ClO/c14-12-6-4-11(5-7-12)13-3-1-2-10(13)8-9-15/h4-7,9-10,13H,1-3,8H2. The molecule has 1 fully saturated rings. The highest BCUT2D eigenvalue weighted by Crippen LogP contribution is 2.41. The maximum atomic E-state index is 10.6. The summed E-state index contributed by atoms with van der Waals surface area (Å²) in [7, 11) is 0. The second kappa shape index (κ2) is 4.80. The Morgan fingerprint density at radius 3 is 2.67 bits per heavy atom. The van der Waals surface area contributed by atoms with Gasteiger partial charge in [0.1, 0.15) is 6.29 Å². The molecule has 0 radical (unpaired) electrons. The van der Waals surface area contributed by atoms with Crippen LogP contribution in [0.25, 0.3) is 0 Å². The van der Waals surface area contributed by atoms with Crippen molar-refractivity contribution in [2.45, 2.75) is 31.6 Å². The van der Waals surface area contributed by atoms with Crippen molar-refractivity contribution >= 4 is 17.9 Å². The first-order valence-corrected chi connectivity index (χ1v) is 5.88. The lowest BCUT2D eigenvalue weighted by Gasteiger charge is -2.17. The molecular formula is C13H15ClO. The van der Waals surface area contributed by atoms with Crippen molar-refractivity contribution in [3.05, 3.63) is 34.9 Å². The Morgan fingerprint density at radius 2 is 2.00 bits per heavy atom. The van der Waals surface area contributed by atoms with Crippen LogP contribution < -0.4 is 0 Å². The zero-order valence-corrected chi connectivity index (χ0v) is 9.41. The van der Waals surface area contributed by atoms with Crippen molar-refractivity contribution in [1.29, 1.82) is 0 Å². The van der Waals surface area contributed by atoms with Crippen LogP contribution in [0.3, 0.4) is 0 Å². The third kappa shape index (κ3) is 2.40. The van der Waals surface area contributed by atoms with Crippen LogP contribution in [-0.4, -0.2) is 6.29 Å². The maximum Gasteiger partial charge on any atom is 0.120 e. The highest BCUT2D eigenvalue weighted by Gasteiger charge is 2.27. The second-order valence-corrected chi connectivity index (χ2v) is 4.69. The number of rotatable bonds is 3. The van der Waals surface area contributed by atoms with E-state index in [4.69, 9.17) is 11.6 Å². The first-order chi connectivity index (χ1) is 7.31. The summed E-state index contributed by atoms with van der Waals surface area (Å²) >= 11 is 5.86. The SMILES string of the molecule is O=CCC1CCCC1c1ccc(Cl)cc1. The summed E-state index contributed by atoms with van der Waals surface area (Å²) in [6.07, 6.45) is 5.39. The van der Waals surface area contributed by atoms with Crippen molar-refractivity contribution in [2.24, 2.45) is 5.92 Å². The van der Waals surface area contributed by atoms with Crippen LogP contribution >= 0.6 is 11.6 Å². The summed E-state index contributed by atoms with van der Waals surface area (Å²) in [5.41, 5.74) is 1.34. The third-order valence-electron chi connectivity index (χ3n) is 3.36. The molecule has 0 heterocycles. The summed E-state index contributed by atoms with van der Waals surface area (Å²) in [4.78, 5) is 10.6. The quantitative estimate of drug-likeness (QED) is 0.711. The second-order valence-electron chi connectivity index (χ2n) is 4.25. The van der Waals surface area contributed by atoms with Crippen LogP contribution in [0.5, 0.6) is 0 Å². The average Bonchev–Trinajstić information content (AvgIpc) is 2.68. The van der Waals surface area contributed by atoms with Crippen molar-refractivity contribution < 1.29 is 4.79 Å². The van der Waals surface area contributed by atoms with E-state index in [9.17, 15) is 4.79 Å². The zero-order chi connectivity index (χ0) is 10.7. The predicted octanol–water partition coefficient (Wildman–Crippen LogP) is 3.81. The number of halogens is 1. The Bertz CT molecular complexity index is 331. The molecule has 0 aliphatic heterocycles. The number of carbonyl (C=O) groups excluding carboxylic acids is 1. The average molecular weight is 223 g/mol. The molecular weight excluding hydrogens is 208 g/mol. The number of hydrogen-bond acceptors (Lipinski definition) is 1. The van der Waals surface area contributed by atoms with Gasteiger partial charge in [-0.05, 0) is 42.4 Å². The van der Waals surface area contributed by atoms with E-state index < -0.39 is 0 Å². The molecule has 2 unspecified atom stereocenters. The zero-order valence-electron chi connectivity index (χ0n) is 8.66. The van der Waals surface area contributed by atoms with Gasteiger partial charge < -0.3 is 4.79 Å². The molecule has 1 aliphatic rings. The molecule has 0 bridgehead atoms. The van der Waals surface area contributed by atoms with E-state index in [2.05, 4.69) is 12.1 Å². The Kier molecular flexibility index (Phi) is 3.42. The number of hydrogen-bond donors (Lipinski definition) is 0. The van der Waals surface area contributed by atoms with Gasteiger partial charge in [0.15, 0.2) is 0 Å². The Hall–Kier alpha value is -0.820. The fourth-order valence-corrected chi connectivity index (χ4v) is 2.72. The van der Waals surface area contributed by atoms with E-state index in [1.807, 2.05) is 12.1 Å². The molecule has 1 aliphatic carbocycles. The van der Waals surface area contributed by atoms with Gasteiger partial charge in [-0.3, -0.25) is 0 Å². The lowest BCUT2D eigenvalue weighted by molar-refractivity contribution is -0.108. The summed E-state index contributed by atoms with van der Waals surface area (Å²) in [6.45, 7) is 0. The van der Waals surface area contributed by atoms with Gasteiger partial charge in [0, 0.05) is 11.4 Å². The van der Waals surface area contributed by atoms with Crippen LogP contribution in [0.2, 0.25) is 5.02 Å². The van der Waals surface area contributed by atoms with Gasteiger partial charge in [0.05, 0.1) is 0 Å². The predicted molar refractivity (Wildman–Crippen MR) is 62.2 cm³/mol. The highest BCUT2D eigenvalue weighted by atomic mass is 35.5. The van der Waals surface area contributed by atoms with E-state index in [1.54, 1.807) is 0 Å². The van der Waals surface area contributed by atoms with Crippen molar-refractivity contribution in [3.63, 3.8) is 0 Å². The van der Waals surface area contributed by atoms with Crippen LogP contribution in [0, 0.1) is 5.92 Å². The van der Waals surface area contributed by atoms with Crippen molar-refractivity contribution in [2.75, 3.05) is 0 Å². The molecule has 0 N–H and O–H groups in total. The molecule has 1 nitrogen and oxygen atoms in total. The van der Waals surface area contributed by atoms with Crippen LogP contribution in [0.4, 0.5) is 0 Å². The first kappa shape index (κ1) is 10.7. The number of aldehydes is 1.